The fourth-order valence-electron chi connectivity index (χ4n) is 9.11. The summed E-state index contributed by atoms with van der Waals surface area (Å²) in [6.45, 7) is 4.88. The van der Waals surface area contributed by atoms with E-state index in [9.17, 15) is 19.8 Å². The van der Waals surface area contributed by atoms with Crippen LogP contribution in [0.2, 0.25) is 0 Å². The number of aliphatic hydroxyl groups excluding tert-OH is 2. The maximum Gasteiger partial charge on any atom is 0.305 e. The third-order valence-electron chi connectivity index (χ3n) is 13.6. The number of allylic oxidation sites excluding steroid dienone is 1. The van der Waals surface area contributed by atoms with Gasteiger partial charge in [0.15, 0.2) is 0 Å². The number of ether oxygens (including phenoxy) is 1. The molecule has 0 aromatic rings. The fourth-order valence-corrected chi connectivity index (χ4v) is 9.11. The Kier molecular flexibility index (Phi) is 53.0. The summed E-state index contributed by atoms with van der Waals surface area (Å²) in [6.07, 6.45) is 63.7. The Labute approximate surface area is 399 Å². The molecule has 0 aliphatic carbocycles. The van der Waals surface area contributed by atoms with Crippen molar-refractivity contribution in [2.45, 2.75) is 334 Å². The van der Waals surface area contributed by atoms with Crippen molar-refractivity contribution in [2.75, 3.05) is 13.2 Å². The van der Waals surface area contributed by atoms with Crippen LogP contribution >= 0.6 is 0 Å². The Morgan fingerprint density at radius 2 is 0.719 bits per heavy atom. The van der Waals surface area contributed by atoms with Gasteiger partial charge in [-0.15, -0.1) is 0 Å². The summed E-state index contributed by atoms with van der Waals surface area (Å²) >= 11 is 0. The van der Waals surface area contributed by atoms with E-state index in [1.54, 1.807) is 6.08 Å². The van der Waals surface area contributed by atoms with E-state index in [0.717, 1.165) is 57.8 Å². The molecule has 0 aliphatic heterocycles. The van der Waals surface area contributed by atoms with Gasteiger partial charge in [-0.1, -0.05) is 289 Å². The van der Waals surface area contributed by atoms with Crippen LogP contribution in [0, 0.1) is 0 Å². The Balaban J connectivity index is 3.49. The molecule has 0 fully saturated rings. The molecule has 0 radical (unpaired) electrons. The third kappa shape index (κ3) is 50.0. The summed E-state index contributed by atoms with van der Waals surface area (Å²) in [4.78, 5) is 24.5. The topological polar surface area (TPSA) is 95.9 Å². The SMILES string of the molecule is CCCCCCCCCCCCCCCCCCCCCC/C=C/C(O)C(CO)NC(=O)CCCCCCCCCCCCOC(=O)CCCCCCCCCCCCCCCCC. The van der Waals surface area contributed by atoms with Gasteiger partial charge in [-0.3, -0.25) is 9.59 Å². The molecule has 0 aromatic carbocycles. The van der Waals surface area contributed by atoms with Crippen LogP contribution in [-0.2, 0) is 14.3 Å². The number of nitrogens with one attached hydrogen (secondary N) is 1. The van der Waals surface area contributed by atoms with Gasteiger partial charge >= 0.3 is 5.97 Å². The van der Waals surface area contributed by atoms with Crippen LogP contribution in [0.3, 0.4) is 0 Å². The maximum absolute atomic E-state index is 12.5. The molecular formula is C58H113NO5. The monoisotopic (exact) mass is 904 g/mol. The molecule has 1 amide bonds. The molecule has 380 valence electrons. The molecule has 3 N–H and O–H groups in total. The Bertz CT molecular complexity index is 955. The van der Waals surface area contributed by atoms with E-state index in [-0.39, 0.29) is 18.5 Å². The van der Waals surface area contributed by atoms with E-state index >= 15 is 0 Å². The molecule has 0 spiro atoms. The number of hydrogen-bond donors (Lipinski definition) is 3. The van der Waals surface area contributed by atoms with Crippen molar-refractivity contribution in [3.05, 3.63) is 12.2 Å². The Hall–Kier alpha value is -1.40. The number of amides is 1. The molecule has 64 heavy (non-hydrogen) atoms. The first-order valence-corrected chi connectivity index (χ1v) is 29.0. The molecular weight excluding hydrogens is 791 g/mol. The highest BCUT2D eigenvalue weighted by Gasteiger charge is 2.18. The second-order valence-electron chi connectivity index (χ2n) is 20.0. The lowest BCUT2D eigenvalue weighted by Crippen LogP contribution is -2.45. The molecule has 2 unspecified atom stereocenters. The van der Waals surface area contributed by atoms with Gasteiger partial charge in [-0.25, -0.2) is 0 Å². The first-order valence-electron chi connectivity index (χ1n) is 29.0. The summed E-state index contributed by atoms with van der Waals surface area (Å²) in [5.74, 6) is -0.104. The summed E-state index contributed by atoms with van der Waals surface area (Å²) in [5.41, 5.74) is 0. The maximum atomic E-state index is 12.5. The minimum atomic E-state index is -0.859. The fraction of sp³-hybridized carbons (Fsp3) is 0.931. The largest absolute Gasteiger partial charge is 0.466 e. The van der Waals surface area contributed by atoms with Crippen molar-refractivity contribution in [1.82, 2.24) is 5.32 Å². The van der Waals surface area contributed by atoms with E-state index in [1.165, 1.54) is 238 Å². The molecule has 6 nitrogen and oxygen atoms in total. The van der Waals surface area contributed by atoms with Crippen molar-refractivity contribution >= 4 is 11.9 Å². The van der Waals surface area contributed by atoms with E-state index in [4.69, 9.17) is 4.74 Å². The van der Waals surface area contributed by atoms with Gasteiger partial charge < -0.3 is 20.3 Å². The van der Waals surface area contributed by atoms with E-state index in [1.807, 2.05) is 6.08 Å². The quantitative estimate of drug-likeness (QED) is 0.0321. The zero-order valence-corrected chi connectivity index (χ0v) is 43.3. The Morgan fingerprint density at radius 3 is 1.06 bits per heavy atom. The summed E-state index contributed by atoms with van der Waals surface area (Å²) in [7, 11) is 0. The standard InChI is InChI=1S/C58H113NO5/c1-3-5-7-9-11-13-15-17-19-20-21-22-23-24-25-27-28-30-34-38-42-46-50-56(61)55(54-60)59-57(62)51-47-43-39-35-32-33-37-41-45-49-53-64-58(63)52-48-44-40-36-31-29-26-18-16-14-12-10-8-6-4-2/h46,50,55-56,60-61H,3-45,47-49,51-54H2,1-2H3,(H,59,62)/b50-46+. The van der Waals surface area contributed by atoms with E-state index in [0.29, 0.717) is 19.4 Å². The van der Waals surface area contributed by atoms with Gasteiger partial charge in [-0.05, 0) is 32.1 Å². The lowest BCUT2D eigenvalue weighted by Gasteiger charge is -2.20. The number of rotatable bonds is 54. The second-order valence-corrected chi connectivity index (χ2v) is 20.0. The smallest absolute Gasteiger partial charge is 0.305 e. The first-order chi connectivity index (χ1) is 31.5. The highest BCUT2D eigenvalue weighted by atomic mass is 16.5. The van der Waals surface area contributed by atoms with Gasteiger partial charge in [0.2, 0.25) is 5.91 Å². The number of carbonyl (C=O) groups excluding carboxylic acids is 2. The minimum absolute atomic E-state index is 0.0170. The van der Waals surface area contributed by atoms with Crippen molar-refractivity contribution < 1.29 is 24.5 Å². The summed E-state index contributed by atoms with van der Waals surface area (Å²) < 4.78 is 5.47. The molecule has 0 saturated heterocycles. The van der Waals surface area contributed by atoms with Gasteiger partial charge in [0.1, 0.15) is 0 Å². The molecule has 0 aromatic heterocycles. The molecule has 0 rings (SSSR count). The molecule has 2 atom stereocenters. The normalized spacial score (nSPS) is 12.6. The first kappa shape index (κ1) is 62.6. The summed E-state index contributed by atoms with van der Waals surface area (Å²) in [5, 5.41) is 23.2. The highest BCUT2D eigenvalue weighted by molar-refractivity contribution is 5.76. The van der Waals surface area contributed by atoms with Crippen LogP contribution in [0.4, 0.5) is 0 Å². The third-order valence-corrected chi connectivity index (χ3v) is 13.6. The minimum Gasteiger partial charge on any atom is -0.466 e. The van der Waals surface area contributed by atoms with Crippen molar-refractivity contribution in [3.63, 3.8) is 0 Å². The predicted octanol–water partition coefficient (Wildman–Crippen LogP) is 17.7. The van der Waals surface area contributed by atoms with Gasteiger partial charge in [0.05, 0.1) is 25.4 Å². The van der Waals surface area contributed by atoms with Crippen molar-refractivity contribution in [2.24, 2.45) is 0 Å². The van der Waals surface area contributed by atoms with Crippen LogP contribution in [0.1, 0.15) is 322 Å². The van der Waals surface area contributed by atoms with Crippen LogP contribution < -0.4 is 5.32 Å². The predicted molar refractivity (Wildman–Crippen MR) is 278 cm³/mol. The van der Waals surface area contributed by atoms with Crippen LogP contribution in [0.25, 0.3) is 0 Å². The van der Waals surface area contributed by atoms with Crippen LogP contribution in [0.5, 0.6) is 0 Å². The second kappa shape index (κ2) is 54.2. The number of unbranched alkanes of at least 4 members (excludes halogenated alkanes) is 43. The van der Waals surface area contributed by atoms with Crippen molar-refractivity contribution in [3.8, 4) is 0 Å². The van der Waals surface area contributed by atoms with Gasteiger partial charge in [-0.2, -0.15) is 0 Å². The number of hydrogen-bond acceptors (Lipinski definition) is 5. The van der Waals surface area contributed by atoms with Gasteiger partial charge in [0, 0.05) is 12.8 Å². The Morgan fingerprint density at radius 1 is 0.422 bits per heavy atom. The molecule has 0 bridgehead atoms. The number of carbonyl (C=O) groups is 2. The molecule has 0 saturated carbocycles. The summed E-state index contributed by atoms with van der Waals surface area (Å²) in [6, 6.07) is -0.644. The van der Waals surface area contributed by atoms with Crippen molar-refractivity contribution in [1.29, 1.82) is 0 Å². The number of esters is 1. The average Bonchev–Trinajstić information content (AvgIpc) is 3.29. The molecule has 6 heteroatoms. The molecule has 0 aliphatic rings. The lowest BCUT2D eigenvalue weighted by atomic mass is 10.0. The van der Waals surface area contributed by atoms with E-state index in [2.05, 4.69) is 19.2 Å². The highest BCUT2D eigenvalue weighted by Crippen LogP contribution is 2.17. The van der Waals surface area contributed by atoms with Gasteiger partial charge in [0.25, 0.3) is 0 Å². The average molecular weight is 905 g/mol. The zero-order valence-electron chi connectivity index (χ0n) is 43.3. The number of aliphatic hydroxyl groups is 2. The zero-order chi connectivity index (χ0) is 46.5. The van der Waals surface area contributed by atoms with Crippen LogP contribution in [-0.4, -0.2) is 47.4 Å². The molecule has 0 heterocycles. The van der Waals surface area contributed by atoms with Crippen LogP contribution in [0.15, 0.2) is 12.2 Å². The lowest BCUT2D eigenvalue weighted by molar-refractivity contribution is -0.143. The van der Waals surface area contributed by atoms with E-state index < -0.39 is 12.1 Å².